The molecule has 0 bridgehead atoms. The highest BCUT2D eigenvalue weighted by Gasteiger charge is 2.49. The maximum absolute atomic E-state index is 9.65. The Hall–Kier alpha value is -1.46. The van der Waals surface area contributed by atoms with E-state index in [2.05, 4.69) is 69.3 Å². The summed E-state index contributed by atoms with van der Waals surface area (Å²) in [6.07, 6.45) is 2.36. The first kappa shape index (κ1) is 21.8. The third-order valence-corrected chi connectivity index (χ3v) is 10.3. The van der Waals surface area contributed by atoms with Gasteiger partial charge in [-0.15, -0.1) is 0 Å². The summed E-state index contributed by atoms with van der Waals surface area (Å²) in [7, 11) is -2.49. The van der Waals surface area contributed by atoms with E-state index in [1.54, 1.807) is 0 Å². The van der Waals surface area contributed by atoms with Crippen molar-refractivity contribution in [2.45, 2.75) is 45.1 Å². The van der Waals surface area contributed by atoms with Crippen molar-refractivity contribution in [1.29, 1.82) is 0 Å². The van der Waals surface area contributed by atoms with Crippen LogP contribution >= 0.6 is 0 Å². The summed E-state index contributed by atoms with van der Waals surface area (Å²) in [6, 6.07) is 21.2. The fourth-order valence-electron chi connectivity index (χ4n) is 3.85. The maximum atomic E-state index is 9.65. The molecule has 0 spiro atoms. The van der Waals surface area contributed by atoms with Crippen LogP contribution in [0.15, 0.2) is 60.7 Å². The number of hydrogen-bond acceptors (Lipinski definition) is 3. The van der Waals surface area contributed by atoms with E-state index in [-0.39, 0.29) is 24.2 Å². The molecule has 0 amide bonds. The third-order valence-electron chi connectivity index (χ3n) is 5.29. The van der Waals surface area contributed by atoms with Crippen molar-refractivity contribution >= 4 is 18.7 Å². The fraction of sp³-hybridized carbons (Fsp3) is 0.478. The zero-order valence-electron chi connectivity index (χ0n) is 16.9. The van der Waals surface area contributed by atoms with Gasteiger partial charge in [-0.1, -0.05) is 81.4 Å². The van der Waals surface area contributed by atoms with Crippen molar-refractivity contribution in [1.82, 2.24) is 0 Å². The summed E-state index contributed by atoms with van der Waals surface area (Å²) < 4.78 is 6.84. The predicted molar refractivity (Wildman–Crippen MR) is 115 cm³/mol. The summed E-state index contributed by atoms with van der Waals surface area (Å²) in [4.78, 5) is 0. The second-order valence-electron chi connectivity index (χ2n) is 8.21. The van der Waals surface area contributed by atoms with E-state index in [1.807, 2.05) is 12.1 Å². The van der Waals surface area contributed by atoms with Gasteiger partial charge in [-0.05, 0) is 40.6 Å². The van der Waals surface area contributed by atoms with Crippen molar-refractivity contribution in [3.63, 3.8) is 0 Å². The molecule has 0 aromatic heterocycles. The van der Waals surface area contributed by atoms with Crippen molar-refractivity contribution < 1.29 is 14.6 Å². The van der Waals surface area contributed by atoms with Gasteiger partial charge < -0.3 is 14.6 Å². The minimum Gasteiger partial charge on any atom is -0.407 e. The van der Waals surface area contributed by atoms with E-state index >= 15 is 0 Å². The molecule has 0 aliphatic carbocycles. The molecule has 2 N–H and O–H groups in total. The number of benzene rings is 2. The summed E-state index contributed by atoms with van der Waals surface area (Å²) in [6.45, 7) is 7.75. The Morgan fingerprint density at radius 2 is 1.37 bits per heavy atom. The molecule has 0 aliphatic heterocycles. The van der Waals surface area contributed by atoms with E-state index in [1.165, 1.54) is 10.4 Å². The molecule has 0 saturated carbocycles. The smallest absolute Gasteiger partial charge is 0.261 e. The first-order valence-corrected chi connectivity index (χ1v) is 11.8. The lowest BCUT2D eigenvalue weighted by molar-refractivity contribution is 0.170. The molecule has 3 nitrogen and oxygen atoms in total. The molecule has 1 atom stereocenters. The second-order valence-corrected chi connectivity index (χ2v) is 12.5. The third kappa shape index (κ3) is 5.29. The van der Waals surface area contributed by atoms with E-state index in [9.17, 15) is 5.11 Å². The zero-order valence-corrected chi connectivity index (χ0v) is 17.9. The average molecular weight is 387 g/mol. The molecule has 0 unspecified atom stereocenters. The molecule has 0 saturated heterocycles. The Morgan fingerprint density at radius 1 is 0.852 bits per heavy atom. The minimum atomic E-state index is -2.49. The van der Waals surface area contributed by atoms with Crippen molar-refractivity contribution in [3.05, 3.63) is 60.7 Å². The first-order valence-electron chi connectivity index (χ1n) is 9.92. The molecule has 2 rings (SSSR count). The van der Waals surface area contributed by atoms with Gasteiger partial charge in [0.1, 0.15) is 0 Å². The molecule has 148 valence electrons. The van der Waals surface area contributed by atoms with Crippen molar-refractivity contribution in [2.75, 3.05) is 19.8 Å². The number of aliphatic hydroxyl groups is 2. The van der Waals surface area contributed by atoms with Crippen LogP contribution in [-0.2, 0) is 4.43 Å². The van der Waals surface area contributed by atoms with Crippen LogP contribution in [0.25, 0.3) is 0 Å². The summed E-state index contributed by atoms with van der Waals surface area (Å²) in [5.41, 5.74) is 0. The van der Waals surface area contributed by atoms with Crippen LogP contribution in [0.1, 0.15) is 40.0 Å². The van der Waals surface area contributed by atoms with Gasteiger partial charge in [0.05, 0.1) is 0 Å². The lowest BCUT2D eigenvalue weighted by atomic mass is 10.0. The Morgan fingerprint density at radius 3 is 1.78 bits per heavy atom. The van der Waals surface area contributed by atoms with Crippen molar-refractivity contribution in [3.8, 4) is 0 Å². The van der Waals surface area contributed by atoms with Crippen LogP contribution in [0.3, 0.4) is 0 Å². The van der Waals surface area contributed by atoms with Gasteiger partial charge in [0.15, 0.2) is 0 Å². The molecule has 0 fully saturated rings. The zero-order chi connectivity index (χ0) is 19.8. The lowest BCUT2D eigenvalue weighted by Crippen LogP contribution is -2.66. The number of rotatable bonds is 10. The quantitative estimate of drug-likeness (QED) is 0.616. The normalized spacial score (nSPS) is 13.5. The maximum Gasteiger partial charge on any atom is 0.261 e. The second kappa shape index (κ2) is 10.2. The van der Waals surface area contributed by atoms with Crippen LogP contribution in [0.5, 0.6) is 0 Å². The highest BCUT2D eigenvalue weighted by molar-refractivity contribution is 6.99. The molecule has 2 aromatic carbocycles. The van der Waals surface area contributed by atoms with Gasteiger partial charge in [-0.25, -0.2) is 0 Å². The highest BCUT2D eigenvalue weighted by Crippen LogP contribution is 2.37. The van der Waals surface area contributed by atoms with E-state index in [0.29, 0.717) is 6.61 Å². The van der Waals surface area contributed by atoms with Crippen LogP contribution in [0.4, 0.5) is 0 Å². The molecule has 0 aliphatic rings. The molecule has 4 heteroatoms. The van der Waals surface area contributed by atoms with E-state index in [0.717, 1.165) is 19.3 Å². The van der Waals surface area contributed by atoms with Crippen LogP contribution in [0.2, 0.25) is 5.04 Å². The largest absolute Gasteiger partial charge is 0.407 e. The van der Waals surface area contributed by atoms with Gasteiger partial charge in [0.25, 0.3) is 8.32 Å². The molecule has 0 radical (unpaired) electrons. The van der Waals surface area contributed by atoms with Gasteiger partial charge in [-0.3, -0.25) is 0 Å². The Labute approximate surface area is 165 Å². The lowest BCUT2D eigenvalue weighted by Gasteiger charge is -2.43. The van der Waals surface area contributed by atoms with Gasteiger partial charge in [-0.2, -0.15) is 0 Å². The topological polar surface area (TPSA) is 49.7 Å². The Bertz CT molecular complexity index is 613. The summed E-state index contributed by atoms with van der Waals surface area (Å²) >= 11 is 0. The Kier molecular flexibility index (Phi) is 8.23. The molecule has 0 heterocycles. The number of aliphatic hydroxyl groups excluding tert-OH is 2. The first-order chi connectivity index (χ1) is 13.0. The molecule has 2 aromatic rings. The fourth-order valence-corrected chi connectivity index (χ4v) is 8.43. The van der Waals surface area contributed by atoms with Crippen LogP contribution in [0, 0.1) is 5.92 Å². The molecular weight excluding hydrogens is 352 g/mol. The van der Waals surface area contributed by atoms with E-state index < -0.39 is 8.32 Å². The average Bonchev–Trinajstić information content (AvgIpc) is 2.68. The monoisotopic (exact) mass is 386 g/mol. The van der Waals surface area contributed by atoms with E-state index in [4.69, 9.17) is 9.53 Å². The van der Waals surface area contributed by atoms with Crippen LogP contribution in [-0.4, -0.2) is 38.4 Å². The van der Waals surface area contributed by atoms with Gasteiger partial charge in [0, 0.05) is 19.8 Å². The molecular formula is C23H34O3Si. The summed E-state index contributed by atoms with van der Waals surface area (Å²) in [5, 5.41) is 21.2. The Balaban J connectivity index is 2.35. The standard InChI is InChI=1S/C23H34O3Si/c1-23(2,3)27(21-12-6-4-7-13-21,22-14-8-5-9-15-22)26-18-16-20(19-25)11-10-17-24/h4-9,12-15,20,24-25H,10-11,16-19H2,1-3H3/t20-/m1/s1. The van der Waals surface area contributed by atoms with Crippen molar-refractivity contribution in [2.24, 2.45) is 5.92 Å². The van der Waals surface area contributed by atoms with Crippen LogP contribution < -0.4 is 10.4 Å². The number of hydrogen-bond donors (Lipinski definition) is 2. The van der Waals surface area contributed by atoms with Gasteiger partial charge in [0.2, 0.25) is 0 Å². The summed E-state index contributed by atoms with van der Waals surface area (Å²) in [5.74, 6) is 0.176. The van der Waals surface area contributed by atoms with Gasteiger partial charge >= 0.3 is 0 Å². The SMILES string of the molecule is CC(C)(C)[Si](OCC[C@H](CO)CCCO)(c1ccccc1)c1ccccc1. The predicted octanol–water partition coefficient (Wildman–Crippen LogP) is 3.33. The highest BCUT2D eigenvalue weighted by atomic mass is 28.4. The molecule has 27 heavy (non-hydrogen) atoms. The minimum absolute atomic E-state index is 0.0322.